The van der Waals surface area contributed by atoms with Gasteiger partial charge < -0.3 is 0 Å². The van der Waals surface area contributed by atoms with Gasteiger partial charge in [-0.15, -0.1) is 0 Å². The first-order valence-corrected chi connectivity index (χ1v) is 9.16. The largest absolute Gasteiger partial charge is 0.337 e. The molecular weight excluding hydrogens is 390 g/mol. The third-order valence-electron chi connectivity index (χ3n) is 4.56. The van der Waals surface area contributed by atoms with Crippen LogP contribution in [-0.2, 0) is 0 Å². The van der Waals surface area contributed by atoms with Crippen molar-refractivity contribution < 1.29 is 8.78 Å². The molecule has 0 saturated carbocycles. The predicted octanol–water partition coefficient (Wildman–Crippen LogP) is 3.13. The number of aromatic amines is 1. The molecule has 0 saturated heterocycles. The maximum atomic E-state index is 14.9. The van der Waals surface area contributed by atoms with Crippen LogP contribution in [0.2, 0.25) is 0 Å². The third kappa shape index (κ3) is 3.20. The van der Waals surface area contributed by atoms with E-state index in [0.29, 0.717) is 10.1 Å². The van der Waals surface area contributed by atoms with Gasteiger partial charge in [-0.2, -0.15) is 5.10 Å². The Morgan fingerprint density at radius 1 is 1.00 bits per heavy atom. The fourth-order valence-corrected chi connectivity index (χ4v) is 3.21. The van der Waals surface area contributed by atoms with Gasteiger partial charge in [-0.25, -0.2) is 18.1 Å². The van der Waals surface area contributed by atoms with E-state index in [1.165, 1.54) is 10.8 Å². The van der Waals surface area contributed by atoms with Gasteiger partial charge in [-0.1, -0.05) is 30.0 Å². The smallest absolute Gasteiger partial charge is 0.283 e. The van der Waals surface area contributed by atoms with Gasteiger partial charge in [0, 0.05) is 23.4 Å². The molecule has 0 aliphatic carbocycles. The standard InChI is InChI=1S/C22H16F2N4O2/c1-13(2)27-20-16(12-25-26-20)21(29)28(22(27)30)19-17(23)10-15(11-18(19)24)9-8-14-6-4-3-5-7-14/h3-7,10-13H,1-2H3,(H,25,26). The van der Waals surface area contributed by atoms with Crippen molar-refractivity contribution in [2.75, 3.05) is 0 Å². The van der Waals surface area contributed by atoms with E-state index >= 15 is 0 Å². The number of nitrogens with one attached hydrogen (secondary N) is 1. The van der Waals surface area contributed by atoms with E-state index in [2.05, 4.69) is 22.0 Å². The average molecular weight is 406 g/mol. The SMILES string of the molecule is CC(C)n1c(=O)n(-c2c(F)cc(C#Cc3ccccc3)cc2F)c(=O)c2c[nH]nc21. The minimum Gasteiger partial charge on any atom is -0.283 e. The molecule has 0 bridgehead atoms. The lowest BCUT2D eigenvalue weighted by molar-refractivity contribution is 0.534. The van der Waals surface area contributed by atoms with Crippen LogP contribution >= 0.6 is 0 Å². The van der Waals surface area contributed by atoms with Crippen LogP contribution in [0.3, 0.4) is 0 Å². The number of rotatable bonds is 2. The van der Waals surface area contributed by atoms with Crippen LogP contribution in [0.1, 0.15) is 31.0 Å². The molecule has 2 aromatic carbocycles. The molecule has 1 N–H and O–H groups in total. The van der Waals surface area contributed by atoms with Crippen LogP contribution < -0.4 is 11.2 Å². The Bertz CT molecular complexity index is 1410. The minimum absolute atomic E-state index is 0.0510. The average Bonchev–Trinajstić information content (AvgIpc) is 3.18. The number of benzene rings is 2. The molecule has 0 radical (unpaired) electrons. The van der Waals surface area contributed by atoms with Gasteiger partial charge in [0.05, 0.1) is 0 Å². The minimum atomic E-state index is -1.07. The first-order chi connectivity index (χ1) is 14.4. The summed E-state index contributed by atoms with van der Waals surface area (Å²) in [6.07, 6.45) is 1.29. The van der Waals surface area contributed by atoms with Crippen LogP contribution in [0.4, 0.5) is 8.78 Å². The van der Waals surface area contributed by atoms with Crippen molar-refractivity contribution in [1.82, 2.24) is 19.3 Å². The van der Waals surface area contributed by atoms with Gasteiger partial charge in [0.25, 0.3) is 5.56 Å². The number of hydrogen-bond donors (Lipinski definition) is 1. The highest BCUT2D eigenvalue weighted by Gasteiger charge is 2.23. The molecule has 4 aromatic rings. The Kier molecular flexibility index (Phi) is 4.80. The van der Waals surface area contributed by atoms with E-state index in [1.54, 1.807) is 38.1 Å². The Labute approximate surface area is 169 Å². The summed E-state index contributed by atoms with van der Waals surface area (Å²) in [6, 6.07) is 10.6. The molecule has 2 heterocycles. The number of hydrogen-bond acceptors (Lipinski definition) is 3. The second kappa shape index (κ2) is 7.44. The number of fused-ring (bicyclic) bond motifs is 1. The Hall–Kier alpha value is -3.99. The van der Waals surface area contributed by atoms with Crippen LogP contribution in [0.15, 0.2) is 58.3 Å². The third-order valence-corrected chi connectivity index (χ3v) is 4.56. The molecule has 4 rings (SSSR count). The molecule has 0 amide bonds. The summed E-state index contributed by atoms with van der Waals surface area (Å²) in [4.78, 5) is 25.8. The molecule has 0 fully saturated rings. The van der Waals surface area contributed by atoms with Crippen molar-refractivity contribution in [3.8, 4) is 17.5 Å². The lowest BCUT2D eigenvalue weighted by atomic mass is 10.1. The first kappa shape index (κ1) is 19.3. The lowest BCUT2D eigenvalue weighted by Crippen LogP contribution is -2.40. The normalized spacial score (nSPS) is 11.0. The predicted molar refractivity (Wildman–Crippen MR) is 109 cm³/mol. The summed E-state index contributed by atoms with van der Waals surface area (Å²) in [6.45, 7) is 3.42. The van der Waals surface area contributed by atoms with Crippen molar-refractivity contribution in [3.05, 3.63) is 92.3 Å². The number of H-pyrrole nitrogens is 1. The van der Waals surface area contributed by atoms with Crippen molar-refractivity contribution in [2.45, 2.75) is 19.9 Å². The van der Waals surface area contributed by atoms with Crippen molar-refractivity contribution >= 4 is 11.0 Å². The highest BCUT2D eigenvalue weighted by Crippen LogP contribution is 2.19. The zero-order chi connectivity index (χ0) is 21.4. The molecule has 0 atom stereocenters. The molecule has 6 nitrogen and oxygen atoms in total. The molecule has 0 unspecified atom stereocenters. The van der Waals surface area contributed by atoms with Gasteiger partial charge in [0.2, 0.25) is 0 Å². The molecule has 0 aliphatic rings. The summed E-state index contributed by atoms with van der Waals surface area (Å²) in [5.41, 5.74) is -1.59. The summed E-state index contributed by atoms with van der Waals surface area (Å²) in [5, 5.41) is 6.50. The molecule has 8 heteroatoms. The maximum absolute atomic E-state index is 14.9. The molecule has 30 heavy (non-hydrogen) atoms. The van der Waals surface area contributed by atoms with E-state index in [-0.39, 0.29) is 16.6 Å². The van der Waals surface area contributed by atoms with E-state index in [1.807, 2.05) is 6.07 Å². The van der Waals surface area contributed by atoms with Gasteiger partial charge in [-0.3, -0.25) is 14.5 Å². The monoisotopic (exact) mass is 406 g/mol. The van der Waals surface area contributed by atoms with Gasteiger partial charge in [0.1, 0.15) is 11.1 Å². The van der Waals surface area contributed by atoms with Crippen LogP contribution in [-0.4, -0.2) is 19.3 Å². The Morgan fingerprint density at radius 2 is 1.63 bits per heavy atom. The fraction of sp³-hybridized carbons (Fsp3) is 0.136. The quantitative estimate of drug-likeness (QED) is 0.520. The highest BCUT2D eigenvalue weighted by molar-refractivity contribution is 5.73. The number of halogens is 2. The zero-order valence-electron chi connectivity index (χ0n) is 16.1. The number of nitrogens with zero attached hydrogens (tertiary/aromatic N) is 3. The van der Waals surface area contributed by atoms with Crippen molar-refractivity contribution in [3.63, 3.8) is 0 Å². The number of aromatic nitrogens is 4. The van der Waals surface area contributed by atoms with Gasteiger partial charge in [-0.05, 0) is 38.1 Å². The summed E-state index contributed by atoms with van der Waals surface area (Å²) >= 11 is 0. The van der Waals surface area contributed by atoms with E-state index in [9.17, 15) is 18.4 Å². The highest BCUT2D eigenvalue weighted by atomic mass is 19.1. The second-order valence-electron chi connectivity index (χ2n) is 6.91. The van der Waals surface area contributed by atoms with E-state index in [0.717, 1.165) is 12.1 Å². The summed E-state index contributed by atoms with van der Waals surface area (Å²) in [7, 11) is 0. The molecule has 2 aromatic heterocycles. The Balaban J connectivity index is 1.93. The first-order valence-electron chi connectivity index (χ1n) is 9.16. The molecular formula is C22H16F2N4O2. The van der Waals surface area contributed by atoms with Crippen LogP contribution in [0.5, 0.6) is 0 Å². The van der Waals surface area contributed by atoms with Crippen LogP contribution in [0.25, 0.3) is 16.7 Å². The van der Waals surface area contributed by atoms with Gasteiger partial charge in [0.15, 0.2) is 17.3 Å². The van der Waals surface area contributed by atoms with Crippen molar-refractivity contribution in [1.29, 1.82) is 0 Å². The molecule has 0 spiro atoms. The summed E-state index contributed by atoms with van der Waals surface area (Å²) in [5.74, 6) is 3.37. The Morgan fingerprint density at radius 3 is 2.27 bits per heavy atom. The second-order valence-corrected chi connectivity index (χ2v) is 6.91. The molecule has 0 aliphatic heterocycles. The van der Waals surface area contributed by atoms with E-state index < -0.39 is 34.6 Å². The topological polar surface area (TPSA) is 72.7 Å². The van der Waals surface area contributed by atoms with Gasteiger partial charge >= 0.3 is 5.69 Å². The summed E-state index contributed by atoms with van der Waals surface area (Å²) < 4.78 is 31.5. The van der Waals surface area contributed by atoms with Crippen LogP contribution in [0, 0.1) is 23.5 Å². The maximum Gasteiger partial charge on any atom is 0.337 e. The van der Waals surface area contributed by atoms with E-state index in [4.69, 9.17) is 0 Å². The lowest BCUT2D eigenvalue weighted by Gasteiger charge is -2.15. The zero-order valence-corrected chi connectivity index (χ0v) is 16.1. The van der Waals surface area contributed by atoms with Crippen molar-refractivity contribution in [2.24, 2.45) is 0 Å². The fourth-order valence-electron chi connectivity index (χ4n) is 3.21. The molecule has 150 valence electrons.